The summed E-state index contributed by atoms with van der Waals surface area (Å²) in [5, 5.41) is 0. The van der Waals surface area contributed by atoms with Crippen molar-refractivity contribution in [3.8, 4) is 0 Å². The van der Waals surface area contributed by atoms with Crippen LogP contribution in [0.3, 0.4) is 0 Å². The van der Waals surface area contributed by atoms with Crippen LogP contribution >= 0.6 is 0 Å². The van der Waals surface area contributed by atoms with E-state index in [-0.39, 0.29) is 23.3 Å². The molecule has 0 saturated carbocycles. The van der Waals surface area contributed by atoms with Gasteiger partial charge in [0.15, 0.2) is 9.84 Å². The number of sulfone groups is 1. The van der Waals surface area contributed by atoms with Crippen molar-refractivity contribution >= 4 is 20.6 Å². The standard InChI is InChI=1S/C7H17NO3S2/c1-3-13(10,11)5-4-12(9)6-7(2)8/h7H,3-6,8H2,1-2H3. The lowest BCUT2D eigenvalue weighted by atomic mass is 10.4. The predicted molar refractivity (Wildman–Crippen MR) is 55.9 cm³/mol. The van der Waals surface area contributed by atoms with E-state index in [0.717, 1.165) is 0 Å². The molecule has 2 unspecified atom stereocenters. The van der Waals surface area contributed by atoms with Crippen LogP contribution in [0.15, 0.2) is 0 Å². The van der Waals surface area contributed by atoms with E-state index < -0.39 is 20.6 Å². The highest BCUT2D eigenvalue weighted by Gasteiger charge is 2.10. The third-order valence-corrected chi connectivity index (χ3v) is 5.03. The van der Waals surface area contributed by atoms with Crippen molar-refractivity contribution in [1.82, 2.24) is 0 Å². The summed E-state index contributed by atoms with van der Waals surface area (Å²) >= 11 is 0. The zero-order valence-corrected chi connectivity index (χ0v) is 9.66. The minimum Gasteiger partial charge on any atom is -0.327 e. The Labute approximate surface area is 82.3 Å². The van der Waals surface area contributed by atoms with Crippen LogP contribution in [0.25, 0.3) is 0 Å². The Hall–Kier alpha value is 0.0600. The Balaban J connectivity index is 3.84. The van der Waals surface area contributed by atoms with Crippen LogP contribution in [0.2, 0.25) is 0 Å². The van der Waals surface area contributed by atoms with Gasteiger partial charge >= 0.3 is 0 Å². The van der Waals surface area contributed by atoms with E-state index in [2.05, 4.69) is 0 Å². The molecule has 6 heteroatoms. The molecule has 0 aromatic rings. The molecule has 0 radical (unpaired) electrons. The van der Waals surface area contributed by atoms with E-state index in [1.807, 2.05) is 0 Å². The molecule has 0 fully saturated rings. The lowest BCUT2D eigenvalue weighted by molar-refractivity contribution is 0.598. The van der Waals surface area contributed by atoms with Crippen molar-refractivity contribution in [2.75, 3.05) is 23.0 Å². The quantitative estimate of drug-likeness (QED) is 0.664. The van der Waals surface area contributed by atoms with Crippen LogP contribution in [0, 0.1) is 0 Å². The molecule has 0 spiro atoms. The van der Waals surface area contributed by atoms with E-state index in [9.17, 15) is 12.6 Å². The summed E-state index contributed by atoms with van der Waals surface area (Å²) in [5.74, 6) is 0.697. The Morgan fingerprint density at radius 3 is 2.38 bits per heavy atom. The highest BCUT2D eigenvalue weighted by molar-refractivity contribution is 7.93. The monoisotopic (exact) mass is 227 g/mol. The summed E-state index contributed by atoms with van der Waals surface area (Å²) in [6, 6.07) is -0.134. The van der Waals surface area contributed by atoms with Gasteiger partial charge in [0.25, 0.3) is 0 Å². The van der Waals surface area contributed by atoms with Gasteiger partial charge in [-0.15, -0.1) is 0 Å². The number of hydrogen-bond acceptors (Lipinski definition) is 4. The molecule has 0 aliphatic heterocycles. The molecule has 0 aromatic heterocycles. The van der Waals surface area contributed by atoms with Gasteiger partial charge in [0.1, 0.15) is 0 Å². The van der Waals surface area contributed by atoms with Gasteiger partial charge < -0.3 is 5.73 Å². The predicted octanol–water partition coefficient (Wildman–Crippen LogP) is -0.483. The Morgan fingerprint density at radius 1 is 1.46 bits per heavy atom. The molecule has 4 nitrogen and oxygen atoms in total. The zero-order valence-electron chi connectivity index (χ0n) is 8.02. The van der Waals surface area contributed by atoms with Crippen LogP contribution in [-0.4, -0.2) is 41.7 Å². The van der Waals surface area contributed by atoms with Crippen molar-refractivity contribution in [3.63, 3.8) is 0 Å². The number of nitrogens with two attached hydrogens (primary N) is 1. The first-order valence-electron chi connectivity index (χ1n) is 4.18. The van der Waals surface area contributed by atoms with Crippen LogP contribution in [-0.2, 0) is 20.6 Å². The molecular weight excluding hydrogens is 210 g/mol. The van der Waals surface area contributed by atoms with Crippen molar-refractivity contribution in [2.24, 2.45) is 5.73 Å². The third kappa shape index (κ3) is 7.16. The number of rotatable bonds is 6. The molecule has 0 aliphatic rings. The summed E-state index contributed by atoms with van der Waals surface area (Å²) < 4.78 is 33.2. The SMILES string of the molecule is CCS(=O)(=O)CCS(=O)CC(C)N. The number of hydrogen-bond donors (Lipinski definition) is 1. The van der Waals surface area contributed by atoms with Gasteiger partial charge in [0.2, 0.25) is 0 Å². The van der Waals surface area contributed by atoms with Gasteiger partial charge in [0.05, 0.1) is 5.75 Å². The fourth-order valence-corrected chi connectivity index (χ4v) is 3.54. The molecule has 0 rings (SSSR count). The summed E-state index contributed by atoms with van der Waals surface area (Å²) in [5.41, 5.74) is 5.42. The van der Waals surface area contributed by atoms with Crippen molar-refractivity contribution in [2.45, 2.75) is 19.9 Å². The molecule has 0 heterocycles. The van der Waals surface area contributed by atoms with Crippen molar-refractivity contribution in [1.29, 1.82) is 0 Å². The van der Waals surface area contributed by atoms with Gasteiger partial charge in [-0.05, 0) is 6.92 Å². The largest absolute Gasteiger partial charge is 0.327 e. The highest BCUT2D eigenvalue weighted by Crippen LogP contribution is 1.93. The van der Waals surface area contributed by atoms with Crippen LogP contribution in [0.1, 0.15) is 13.8 Å². The van der Waals surface area contributed by atoms with E-state index in [4.69, 9.17) is 5.73 Å². The van der Waals surface area contributed by atoms with Gasteiger partial charge in [0, 0.05) is 34.1 Å². The highest BCUT2D eigenvalue weighted by atomic mass is 32.2. The molecule has 13 heavy (non-hydrogen) atoms. The molecule has 80 valence electrons. The molecule has 0 bridgehead atoms. The maximum Gasteiger partial charge on any atom is 0.150 e. The summed E-state index contributed by atoms with van der Waals surface area (Å²) in [6.45, 7) is 3.34. The average Bonchev–Trinajstić information content (AvgIpc) is 2.00. The van der Waals surface area contributed by atoms with E-state index in [1.54, 1.807) is 13.8 Å². The van der Waals surface area contributed by atoms with Gasteiger partial charge in [-0.2, -0.15) is 0 Å². The molecule has 0 saturated heterocycles. The topological polar surface area (TPSA) is 77.2 Å². The minimum absolute atomic E-state index is 0.00281. The lowest BCUT2D eigenvalue weighted by Crippen LogP contribution is -2.26. The van der Waals surface area contributed by atoms with Crippen LogP contribution < -0.4 is 5.73 Å². The maximum absolute atomic E-state index is 11.2. The van der Waals surface area contributed by atoms with E-state index in [0.29, 0.717) is 5.75 Å². The van der Waals surface area contributed by atoms with Gasteiger partial charge in [-0.1, -0.05) is 6.92 Å². The third-order valence-electron chi connectivity index (χ3n) is 1.51. The van der Waals surface area contributed by atoms with E-state index >= 15 is 0 Å². The molecule has 0 aliphatic carbocycles. The molecule has 2 atom stereocenters. The lowest BCUT2D eigenvalue weighted by Gasteiger charge is -2.04. The second kappa shape index (κ2) is 5.72. The molecule has 0 amide bonds. The van der Waals surface area contributed by atoms with E-state index in [1.165, 1.54) is 0 Å². The summed E-state index contributed by atoms with van der Waals surface area (Å²) in [7, 11) is -4.09. The zero-order chi connectivity index (χ0) is 10.5. The second-order valence-electron chi connectivity index (χ2n) is 3.02. The molecule has 0 aromatic carbocycles. The smallest absolute Gasteiger partial charge is 0.150 e. The summed E-state index contributed by atoms with van der Waals surface area (Å²) in [6.07, 6.45) is 0. The Morgan fingerprint density at radius 2 is 2.00 bits per heavy atom. The average molecular weight is 227 g/mol. The van der Waals surface area contributed by atoms with Crippen LogP contribution in [0.4, 0.5) is 0 Å². The van der Waals surface area contributed by atoms with Crippen molar-refractivity contribution < 1.29 is 12.6 Å². The minimum atomic E-state index is -2.98. The van der Waals surface area contributed by atoms with Gasteiger partial charge in [-0.3, -0.25) is 4.21 Å². The fourth-order valence-electron chi connectivity index (χ4n) is 0.741. The van der Waals surface area contributed by atoms with Crippen molar-refractivity contribution in [3.05, 3.63) is 0 Å². The fraction of sp³-hybridized carbons (Fsp3) is 1.00. The first-order valence-corrected chi connectivity index (χ1v) is 7.49. The van der Waals surface area contributed by atoms with Crippen LogP contribution in [0.5, 0.6) is 0 Å². The van der Waals surface area contributed by atoms with Gasteiger partial charge in [-0.25, -0.2) is 8.42 Å². The first kappa shape index (κ1) is 13.1. The first-order chi connectivity index (χ1) is 5.87. The maximum atomic E-state index is 11.2. The Kier molecular flexibility index (Phi) is 5.75. The molecular formula is C7H17NO3S2. The second-order valence-corrected chi connectivity index (χ2v) is 7.12. The normalized spacial score (nSPS) is 16.8. The Bertz CT molecular complexity index is 259. The summed E-state index contributed by atoms with van der Waals surface area (Å²) in [4.78, 5) is 0. The molecule has 2 N–H and O–H groups in total.